The van der Waals surface area contributed by atoms with Crippen molar-refractivity contribution < 1.29 is 43.2 Å². The zero-order valence-corrected chi connectivity index (χ0v) is 31.9. The number of aromatic nitrogens is 2. The van der Waals surface area contributed by atoms with E-state index in [0.29, 0.717) is 67.4 Å². The summed E-state index contributed by atoms with van der Waals surface area (Å²) in [6.07, 6.45) is 2.85. The van der Waals surface area contributed by atoms with Crippen LogP contribution in [0.15, 0.2) is 73.1 Å². The van der Waals surface area contributed by atoms with Crippen LogP contribution in [0.2, 0.25) is 0 Å². The highest BCUT2D eigenvalue weighted by atomic mass is 16.5. The Kier molecular flexibility index (Phi) is 12.4. The van der Waals surface area contributed by atoms with Crippen LogP contribution in [0.25, 0.3) is 21.8 Å². The van der Waals surface area contributed by atoms with Crippen molar-refractivity contribution >= 4 is 62.3 Å². The summed E-state index contributed by atoms with van der Waals surface area (Å²) in [6.45, 7) is 3.72. The summed E-state index contributed by atoms with van der Waals surface area (Å²) >= 11 is 0. The Morgan fingerprint density at radius 3 is 1.43 bits per heavy atom. The number of ether oxygens (including phenoxy) is 5. The van der Waals surface area contributed by atoms with Gasteiger partial charge in [0.15, 0.2) is 23.0 Å². The second-order valence-corrected chi connectivity index (χ2v) is 12.3. The number of aliphatic hydroxyl groups is 1. The molecule has 0 unspecified atom stereocenters. The van der Waals surface area contributed by atoms with Crippen LogP contribution in [0.5, 0.6) is 23.0 Å². The van der Waals surface area contributed by atoms with Gasteiger partial charge in [-0.1, -0.05) is 12.1 Å². The molecular weight excluding hydrogens is 720 g/mol. The lowest BCUT2D eigenvalue weighted by Gasteiger charge is -2.17. The van der Waals surface area contributed by atoms with Gasteiger partial charge in [-0.05, 0) is 66.9 Å². The van der Waals surface area contributed by atoms with Gasteiger partial charge in [0.05, 0.1) is 81.3 Å². The molecular formula is C41H42N6O9. The molecule has 0 aliphatic heterocycles. The average molecular weight is 763 g/mol. The molecule has 6 rings (SSSR count). The highest BCUT2D eigenvalue weighted by molar-refractivity contribution is 6.09. The Bertz CT molecular complexity index is 2470. The number of hydrogen-bond acceptors (Lipinski definition) is 13. The molecule has 2 aromatic heterocycles. The molecule has 0 atom stereocenters. The highest BCUT2D eigenvalue weighted by Crippen LogP contribution is 2.39. The van der Waals surface area contributed by atoms with Gasteiger partial charge in [-0.2, -0.15) is 0 Å². The molecule has 2 heterocycles. The molecule has 0 saturated carbocycles. The normalized spacial score (nSPS) is 10.6. The average Bonchev–Trinajstić information content (AvgIpc) is 3.20. The number of nitrogens with one attached hydrogen (secondary N) is 2. The number of nitrogens with two attached hydrogens (primary N) is 2. The van der Waals surface area contributed by atoms with Gasteiger partial charge in [-0.25, -0.2) is 4.79 Å². The highest BCUT2D eigenvalue weighted by Gasteiger charge is 2.19. The van der Waals surface area contributed by atoms with Crippen LogP contribution < -0.4 is 41.0 Å². The Morgan fingerprint density at radius 2 is 1.05 bits per heavy atom. The molecule has 15 heteroatoms. The minimum absolute atomic E-state index is 0.0389. The fourth-order valence-corrected chi connectivity index (χ4v) is 5.96. The fourth-order valence-electron chi connectivity index (χ4n) is 5.96. The summed E-state index contributed by atoms with van der Waals surface area (Å²) in [5, 5.41) is 17.1. The molecule has 0 radical (unpaired) electrons. The van der Waals surface area contributed by atoms with Crippen molar-refractivity contribution in [2.45, 2.75) is 20.5 Å². The van der Waals surface area contributed by atoms with E-state index in [1.807, 2.05) is 32.0 Å². The number of carbonyl (C=O) groups is 3. The molecule has 0 spiro atoms. The van der Waals surface area contributed by atoms with Crippen LogP contribution in [0.3, 0.4) is 0 Å². The first-order valence-corrected chi connectivity index (χ1v) is 17.0. The number of rotatable bonds is 12. The van der Waals surface area contributed by atoms with Gasteiger partial charge in [0, 0.05) is 46.7 Å². The molecule has 6 aromatic rings. The van der Waals surface area contributed by atoms with E-state index in [4.69, 9.17) is 35.2 Å². The monoisotopic (exact) mass is 762 g/mol. The predicted molar refractivity (Wildman–Crippen MR) is 213 cm³/mol. The van der Waals surface area contributed by atoms with Crippen LogP contribution in [-0.2, 0) is 11.3 Å². The summed E-state index contributed by atoms with van der Waals surface area (Å²) in [7, 11) is 7.48. The van der Waals surface area contributed by atoms with Crippen LogP contribution in [0.1, 0.15) is 47.8 Å². The number of aliphatic hydroxyl groups excluding tert-OH is 1. The van der Waals surface area contributed by atoms with E-state index in [1.54, 1.807) is 56.7 Å². The molecule has 2 amide bonds. The van der Waals surface area contributed by atoms with Crippen molar-refractivity contribution in [1.82, 2.24) is 9.97 Å². The molecule has 4 aromatic carbocycles. The van der Waals surface area contributed by atoms with Crippen molar-refractivity contribution in [2.75, 3.05) is 46.2 Å². The Hall–Kier alpha value is -7.13. The van der Waals surface area contributed by atoms with E-state index in [-0.39, 0.29) is 17.7 Å². The third kappa shape index (κ3) is 8.32. The van der Waals surface area contributed by atoms with Crippen molar-refractivity contribution in [3.8, 4) is 23.0 Å². The van der Waals surface area contributed by atoms with Gasteiger partial charge in [0.1, 0.15) is 0 Å². The van der Waals surface area contributed by atoms with E-state index in [2.05, 4.69) is 20.6 Å². The Labute approximate surface area is 322 Å². The number of pyridine rings is 2. The molecule has 0 aliphatic carbocycles. The van der Waals surface area contributed by atoms with Crippen LogP contribution >= 0.6 is 0 Å². The maximum atomic E-state index is 12.0. The quantitative estimate of drug-likeness (QED) is 0.0893. The molecule has 7 N–H and O–H groups in total. The minimum Gasteiger partial charge on any atom is -0.493 e. The first-order chi connectivity index (χ1) is 26.9. The lowest BCUT2D eigenvalue weighted by Crippen LogP contribution is -2.14. The van der Waals surface area contributed by atoms with E-state index in [1.165, 1.54) is 33.7 Å². The standard InChI is InChI=1S/C21H21N3O5.C20H21N3O4/c1-11-7-12(21(26)29-4)5-6-15(11)24-19-13-8-17(27-2)18(28-3)9-16(13)23-10-14(19)20(22)25;1-11-6-12(10-24)4-5-15(11)23-19-13-7-17(26-2)18(27-3)8-16(13)22-9-14(19)20(21)25/h5-10H,1-4H3,(H2,22,25)(H,23,24);4-9,24H,10H2,1-3H3,(H2,21,25)(H,22,23). The minimum atomic E-state index is -0.625. The number of benzene rings is 4. The lowest BCUT2D eigenvalue weighted by molar-refractivity contribution is 0.0600. The maximum absolute atomic E-state index is 12.0. The van der Waals surface area contributed by atoms with Crippen LogP contribution in [0.4, 0.5) is 22.7 Å². The molecule has 15 nitrogen and oxygen atoms in total. The zero-order valence-electron chi connectivity index (χ0n) is 31.9. The van der Waals surface area contributed by atoms with Crippen molar-refractivity contribution in [3.05, 3.63) is 106 Å². The summed E-state index contributed by atoms with van der Waals surface area (Å²) in [5.41, 5.74) is 18.3. The summed E-state index contributed by atoms with van der Waals surface area (Å²) in [4.78, 5) is 44.4. The molecule has 0 fully saturated rings. The van der Waals surface area contributed by atoms with Gasteiger partial charge >= 0.3 is 5.97 Å². The molecule has 0 bridgehead atoms. The topological polar surface area (TPSA) is 219 Å². The maximum Gasteiger partial charge on any atom is 0.337 e. The molecule has 0 aliphatic rings. The number of methoxy groups -OCH3 is 5. The van der Waals surface area contributed by atoms with Crippen molar-refractivity contribution in [2.24, 2.45) is 11.5 Å². The number of amides is 2. The number of hydrogen-bond donors (Lipinski definition) is 5. The van der Waals surface area contributed by atoms with Gasteiger partial charge in [0.2, 0.25) is 0 Å². The first kappa shape index (κ1) is 40.1. The lowest BCUT2D eigenvalue weighted by atomic mass is 10.1. The first-order valence-electron chi connectivity index (χ1n) is 17.0. The number of anilines is 4. The number of fused-ring (bicyclic) bond motifs is 2. The number of nitrogens with zero attached hydrogens (tertiary/aromatic N) is 2. The predicted octanol–water partition coefficient (Wildman–Crippen LogP) is 6.08. The number of esters is 1. The van der Waals surface area contributed by atoms with Crippen molar-refractivity contribution in [3.63, 3.8) is 0 Å². The molecule has 0 saturated heterocycles. The number of carbonyl (C=O) groups excluding carboxylic acids is 3. The summed E-state index contributed by atoms with van der Waals surface area (Å²) in [5.74, 6) is 0.422. The largest absolute Gasteiger partial charge is 0.493 e. The number of primary amides is 2. The third-order valence-electron chi connectivity index (χ3n) is 8.92. The Balaban J connectivity index is 0.000000215. The van der Waals surface area contributed by atoms with Gasteiger partial charge in [-0.3, -0.25) is 19.6 Å². The van der Waals surface area contributed by atoms with E-state index in [0.717, 1.165) is 22.4 Å². The fraction of sp³-hybridized carbons (Fsp3) is 0.195. The second-order valence-electron chi connectivity index (χ2n) is 12.3. The smallest absolute Gasteiger partial charge is 0.337 e. The van der Waals surface area contributed by atoms with Gasteiger partial charge in [0.25, 0.3) is 11.8 Å². The van der Waals surface area contributed by atoms with Crippen LogP contribution in [0, 0.1) is 13.8 Å². The van der Waals surface area contributed by atoms with Gasteiger partial charge < -0.3 is 50.9 Å². The van der Waals surface area contributed by atoms with E-state index >= 15 is 0 Å². The van der Waals surface area contributed by atoms with E-state index in [9.17, 15) is 19.5 Å². The second kappa shape index (κ2) is 17.3. The Morgan fingerprint density at radius 1 is 0.625 bits per heavy atom. The molecule has 56 heavy (non-hydrogen) atoms. The van der Waals surface area contributed by atoms with Crippen LogP contribution in [-0.4, -0.2) is 68.4 Å². The molecule has 290 valence electrons. The SMILES string of the molecule is COC(=O)c1ccc(Nc2c(C(N)=O)cnc3cc(OC)c(OC)cc23)c(C)c1.COc1cc2ncc(C(N)=O)c(Nc3ccc(CO)cc3C)c2cc1OC. The number of aryl methyl sites for hydroxylation is 2. The summed E-state index contributed by atoms with van der Waals surface area (Å²) < 4.78 is 26.2. The third-order valence-corrected chi connectivity index (χ3v) is 8.92. The summed E-state index contributed by atoms with van der Waals surface area (Å²) in [6, 6.07) is 17.6. The van der Waals surface area contributed by atoms with E-state index < -0.39 is 17.8 Å². The van der Waals surface area contributed by atoms with Crippen molar-refractivity contribution in [1.29, 1.82) is 0 Å². The van der Waals surface area contributed by atoms with Gasteiger partial charge in [-0.15, -0.1) is 0 Å². The zero-order chi connectivity index (χ0) is 40.7.